The van der Waals surface area contributed by atoms with E-state index in [0.29, 0.717) is 0 Å². The Morgan fingerprint density at radius 1 is 1.21 bits per heavy atom. The molecule has 0 saturated heterocycles. The second kappa shape index (κ2) is 3.14. The molecule has 2 nitrogen and oxygen atoms in total. The van der Waals surface area contributed by atoms with Crippen molar-refractivity contribution in [2.24, 2.45) is 0 Å². The van der Waals surface area contributed by atoms with E-state index in [1.807, 2.05) is 0 Å². The molecule has 1 N–H and O–H groups in total. The maximum atomic E-state index is 4.48. The van der Waals surface area contributed by atoms with Gasteiger partial charge in [-0.2, -0.15) is 0 Å². The topological polar surface area (TPSA) is 29.9 Å². The number of aromatic nitrogens is 1. The van der Waals surface area contributed by atoms with Crippen LogP contribution in [0.2, 0.25) is 0 Å². The Bertz CT molecular complexity index is 456. The van der Waals surface area contributed by atoms with Gasteiger partial charge in [-0.25, -0.2) is 5.32 Å². The molecule has 2 heterocycles. The van der Waals surface area contributed by atoms with Crippen molar-refractivity contribution in [3.05, 3.63) is 35.5 Å². The Morgan fingerprint density at radius 3 is 3.14 bits per heavy atom. The number of aryl methyl sites for hydroxylation is 1. The maximum absolute atomic E-state index is 4.48. The summed E-state index contributed by atoms with van der Waals surface area (Å²) >= 11 is 0. The molecule has 1 aliphatic rings. The Morgan fingerprint density at radius 2 is 2.14 bits per heavy atom. The first kappa shape index (κ1) is 8.06. The molecular formula is C12H13N2. The number of hydrogen-bond donors (Lipinski definition) is 1. The monoisotopic (exact) mass is 185 g/mol. The summed E-state index contributed by atoms with van der Waals surface area (Å²) in [4.78, 5) is 3.46. The molecule has 0 bridgehead atoms. The summed E-state index contributed by atoms with van der Waals surface area (Å²) in [5.74, 6) is 0. The molecule has 0 saturated carbocycles. The molecule has 1 aliphatic heterocycles. The van der Waals surface area contributed by atoms with Crippen LogP contribution < -0.4 is 5.32 Å². The van der Waals surface area contributed by atoms with E-state index < -0.39 is 0 Å². The van der Waals surface area contributed by atoms with Crippen LogP contribution in [-0.4, -0.2) is 11.5 Å². The lowest BCUT2D eigenvalue weighted by atomic mass is 10.1. The van der Waals surface area contributed by atoms with E-state index in [0.717, 1.165) is 13.1 Å². The molecule has 14 heavy (non-hydrogen) atoms. The van der Waals surface area contributed by atoms with Crippen molar-refractivity contribution in [3.63, 3.8) is 0 Å². The van der Waals surface area contributed by atoms with Gasteiger partial charge in [-0.3, -0.25) is 0 Å². The molecule has 0 spiro atoms. The van der Waals surface area contributed by atoms with Crippen LogP contribution in [0.3, 0.4) is 0 Å². The minimum atomic E-state index is 0.865. The highest BCUT2D eigenvalue weighted by molar-refractivity contribution is 5.84. The van der Waals surface area contributed by atoms with Gasteiger partial charge in [0.05, 0.1) is 6.54 Å². The molecule has 2 aromatic rings. The van der Waals surface area contributed by atoms with Gasteiger partial charge in [0.15, 0.2) is 0 Å². The first-order valence-electron chi connectivity index (χ1n) is 5.17. The molecule has 1 radical (unpaired) electrons. The molecule has 0 fully saturated rings. The molecule has 0 amide bonds. The molecule has 3 rings (SSSR count). The third kappa shape index (κ3) is 1.15. The van der Waals surface area contributed by atoms with Crippen LogP contribution in [0.25, 0.3) is 10.9 Å². The minimum Gasteiger partial charge on any atom is -0.357 e. The van der Waals surface area contributed by atoms with E-state index in [1.54, 1.807) is 0 Å². The SMILES string of the molecule is c1ccc2c3c([nH]c2c1)C[N]CCC3. The Balaban J connectivity index is 2.24. The number of nitrogens with one attached hydrogen (secondary N) is 1. The van der Waals surface area contributed by atoms with E-state index in [1.165, 1.54) is 35.0 Å². The van der Waals surface area contributed by atoms with Crippen molar-refractivity contribution in [3.8, 4) is 0 Å². The first-order chi connectivity index (χ1) is 6.95. The van der Waals surface area contributed by atoms with Gasteiger partial charge < -0.3 is 4.98 Å². The van der Waals surface area contributed by atoms with Crippen molar-refractivity contribution in [2.75, 3.05) is 6.54 Å². The number of para-hydroxylation sites is 1. The van der Waals surface area contributed by atoms with Crippen LogP contribution in [0, 0.1) is 0 Å². The third-order valence-corrected chi connectivity index (χ3v) is 2.91. The molecule has 1 aromatic carbocycles. The summed E-state index contributed by atoms with van der Waals surface area (Å²) in [6.45, 7) is 1.88. The molecule has 71 valence electrons. The zero-order valence-corrected chi connectivity index (χ0v) is 8.09. The predicted molar refractivity (Wildman–Crippen MR) is 57.3 cm³/mol. The fourth-order valence-corrected chi connectivity index (χ4v) is 2.23. The fourth-order valence-electron chi connectivity index (χ4n) is 2.23. The number of H-pyrrole nitrogens is 1. The minimum absolute atomic E-state index is 0.865. The molecular weight excluding hydrogens is 172 g/mol. The number of fused-ring (bicyclic) bond motifs is 3. The van der Waals surface area contributed by atoms with Crippen molar-refractivity contribution in [1.29, 1.82) is 0 Å². The van der Waals surface area contributed by atoms with Gasteiger partial charge in [-0.1, -0.05) is 18.2 Å². The van der Waals surface area contributed by atoms with Gasteiger partial charge in [0, 0.05) is 23.1 Å². The van der Waals surface area contributed by atoms with Crippen LogP contribution >= 0.6 is 0 Å². The van der Waals surface area contributed by atoms with Gasteiger partial charge in [-0.15, -0.1) is 0 Å². The van der Waals surface area contributed by atoms with Gasteiger partial charge in [-0.05, 0) is 24.5 Å². The van der Waals surface area contributed by atoms with E-state index in [9.17, 15) is 0 Å². The lowest BCUT2D eigenvalue weighted by molar-refractivity contribution is 0.661. The molecule has 2 heteroatoms. The highest BCUT2D eigenvalue weighted by atomic mass is 14.9. The summed E-state index contributed by atoms with van der Waals surface area (Å²) in [5, 5.41) is 5.86. The molecule has 0 aliphatic carbocycles. The highest BCUT2D eigenvalue weighted by Gasteiger charge is 2.13. The van der Waals surface area contributed by atoms with Gasteiger partial charge >= 0.3 is 0 Å². The fraction of sp³-hybridized carbons (Fsp3) is 0.333. The second-order valence-electron chi connectivity index (χ2n) is 3.84. The standard InChI is InChI=1S/C12H13N2/c1-2-6-11-9(4-1)10-5-3-7-13-8-12(10)14-11/h1-2,4,6,14H,3,5,7-8H2. The zero-order valence-electron chi connectivity index (χ0n) is 8.09. The average molecular weight is 185 g/mol. The number of benzene rings is 1. The van der Waals surface area contributed by atoms with Crippen LogP contribution in [0.4, 0.5) is 0 Å². The summed E-state index contributed by atoms with van der Waals surface area (Å²) in [5.41, 5.74) is 4.07. The number of nitrogens with zero attached hydrogens (tertiary/aromatic N) is 1. The Kier molecular flexibility index (Phi) is 1.81. The van der Waals surface area contributed by atoms with Crippen LogP contribution in [0.1, 0.15) is 17.7 Å². The summed E-state index contributed by atoms with van der Waals surface area (Å²) in [7, 11) is 0. The smallest absolute Gasteiger partial charge is 0.0538 e. The van der Waals surface area contributed by atoms with E-state index in [4.69, 9.17) is 0 Å². The summed E-state index contributed by atoms with van der Waals surface area (Å²) < 4.78 is 0. The molecule has 1 aromatic heterocycles. The van der Waals surface area contributed by atoms with E-state index >= 15 is 0 Å². The van der Waals surface area contributed by atoms with Crippen molar-refractivity contribution < 1.29 is 0 Å². The largest absolute Gasteiger partial charge is 0.357 e. The van der Waals surface area contributed by atoms with Crippen LogP contribution in [-0.2, 0) is 13.0 Å². The van der Waals surface area contributed by atoms with E-state index in [-0.39, 0.29) is 0 Å². The van der Waals surface area contributed by atoms with Gasteiger partial charge in [0.25, 0.3) is 0 Å². The summed E-state index contributed by atoms with van der Waals surface area (Å²) in [6, 6.07) is 8.54. The third-order valence-electron chi connectivity index (χ3n) is 2.91. The van der Waals surface area contributed by atoms with Crippen LogP contribution in [0.15, 0.2) is 24.3 Å². The normalized spacial score (nSPS) is 16.6. The van der Waals surface area contributed by atoms with E-state index in [2.05, 4.69) is 34.6 Å². The first-order valence-corrected chi connectivity index (χ1v) is 5.17. The number of rotatable bonds is 0. The van der Waals surface area contributed by atoms with Crippen molar-refractivity contribution >= 4 is 10.9 Å². The zero-order chi connectivity index (χ0) is 9.38. The average Bonchev–Trinajstić information content (AvgIpc) is 2.42. The highest BCUT2D eigenvalue weighted by Crippen LogP contribution is 2.25. The number of aromatic amines is 1. The quantitative estimate of drug-likeness (QED) is 0.652. The van der Waals surface area contributed by atoms with Crippen molar-refractivity contribution in [1.82, 2.24) is 10.3 Å². The Hall–Kier alpha value is -1.28. The molecule has 0 unspecified atom stereocenters. The summed E-state index contributed by atoms with van der Waals surface area (Å²) in [6.07, 6.45) is 2.36. The lowest BCUT2D eigenvalue weighted by Gasteiger charge is -1.96. The Labute approximate surface area is 83.3 Å². The van der Waals surface area contributed by atoms with Crippen LogP contribution in [0.5, 0.6) is 0 Å². The maximum Gasteiger partial charge on any atom is 0.0538 e. The number of hydrogen-bond acceptors (Lipinski definition) is 0. The van der Waals surface area contributed by atoms with Gasteiger partial charge in [0.1, 0.15) is 0 Å². The predicted octanol–water partition coefficient (Wildman–Crippen LogP) is 2.22. The van der Waals surface area contributed by atoms with Crippen molar-refractivity contribution in [2.45, 2.75) is 19.4 Å². The van der Waals surface area contributed by atoms with Gasteiger partial charge in [0.2, 0.25) is 0 Å². The second-order valence-corrected chi connectivity index (χ2v) is 3.84. The molecule has 0 atom stereocenters. The lowest BCUT2D eigenvalue weighted by Crippen LogP contribution is -2.03.